The van der Waals surface area contributed by atoms with Crippen LogP contribution in [-0.2, 0) is 4.79 Å². The van der Waals surface area contributed by atoms with E-state index in [4.69, 9.17) is 4.98 Å². The Balaban J connectivity index is 1.94. The van der Waals surface area contributed by atoms with Gasteiger partial charge in [-0.3, -0.25) is 14.5 Å². The second-order valence-corrected chi connectivity index (χ2v) is 9.22. The maximum absolute atomic E-state index is 12.6. The third-order valence-corrected chi connectivity index (χ3v) is 6.81. The Morgan fingerprint density at radius 3 is 2.97 bits per heavy atom. The molecule has 2 aromatic heterocycles. The van der Waals surface area contributed by atoms with E-state index in [9.17, 15) is 14.7 Å². The number of benzene rings is 1. The molecule has 1 aliphatic heterocycles. The molecule has 0 saturated carbocycles. The molecule has 0 amide bonds. The number of fused-ring (bicyclic) bond motifs is 3. The van der Waals surface area contributed by atoms with Crippen molar-refractivity contribution in [3.63, 3.8) is 0 Å². The third kappa shape index (κ3) is 3.75. The van der Waals surface area contributed by atoms with Crippen LogP contribution in [0.15, 0.2) is 33.7 Å². The number of hydrogen-bond donors (Lipinski definition) is 3. The van der Waals surface area contributed by atoms with E-state index in [1.807, 2.05) is 25.1 Å². The number of piperidine rings is 1. The number of pyridine rings is 2. The molecule has 0 radical (unpaired) electrons. The number of rotatable bonds is 4. The van der Waals surface area contributed by atoms with Gasteiger partial charge in [-0.05, 0) is 60.2 Å². The van der Waals surface area contributed by atoms with Gasteiger partial charge in [0.25, 0.3) is 5.56 Å². The van der Waals surface area contributed by atoms with Crippen molar-refractivity contribution in [2.75, 3.05) is 18.4 Å². The number of aromatic nitrogens is 2. The van der Waals surface area contributed by atoms with Crippen LogP contribution in [0.4, 0.5) is 5.82 Å². The van der Waals surface area contributed by atoms with Gasteiger partial charge < -0.3 is 15.4 Å². The molecule has 9 heteroatoms. The van der Waals surface area contributed by atoms with Crippen molar-refractivity contribution in [2.24, 2.45) is 5.92 Å². The smallest absolute Gasteiger partial charge is 0.309 e. The molecule has 3 N–H and O–H groups in total. The highest BCUT2D eigenvalue weighted by atomic mass is 127. The molecule has 29 heavy (non-hydrogen) atoms. The molecule has 1 aromatic carbocycles. The minimum Gasteiger partial charge on any atom is -0.481 e. The molecule has 1 saturated heterocycles. The molecule has 4 rings (SSSR count). The van der Waals surface area contributed by atoms with Gasteiger partial charge in [0.1, 0.15) is 5.82 Å². The number of likely N-dealkylation sites (tertiary alicyclic amines) is 1. The minimum absolute atomic E-state index is 0.196. The summed E-state index contributed by atoms with van der Waals surface area (Å²) < 4.78 is 1.69. The zero-order chi connectivity index (χ0) is 20.7. The number of H-pyrrole nitrogens is 1. The number of nitrogens with one attached hydrogen (secondary N) is 2. The van der Waals surface area contributed by atoms with E-state index in [1.54, 1.807) is 6.20 Å². The molecular weight excluding hydrogens is 551 g/mol. The predicted molar refractivity (Wildman–Crippen MR) is 125 cm³/mol. The Kier molecular flexibility index (Phi) is 5.80. The normalized spacial score (nSPS) is 20.2. The minimum atomic E-state index is -0.806. The van der Waals surface area contributed by atoms with Crippen LogP contribution in [0, 0.1) is 9.49 Å². The second-order valence-electron chi connectivity index (χ2n) is 7.14. The van der Waals surface area contributed by atoms with Gasteiger partial charge in [0.05, 0.1) is 26.6 Å². The number of carboxylic acid groups (broad SMARTS) is 1. The molecule has 3 heterocycles. The van der Waals surface area contributed by atoms with Gasteiger partial charge in [0, 0.05) is 28.0 Å². The fraction of sp³-hybridized carbons (Fsp3) is 0.350. The Morgan fingerprint density at radius 2 is 2.24 bits per heavy atom. The SMILES string of the molecule is CCN1CCC[C@H](C(=O)O)C1Nc1nc2c(I)c[nH]c(=O)c2c2cc(Br)ccc12. The molecular formula is C20H20BrIN4O3. The molecule has 3 aromatic rings. The standard InChI is InChI=1S/C20H20BrIN4O3/c1-2-26-7-3-4-12(20(28)29)18(26)25-17-11-6-5-10(21)8-13(11)15-16(24-17)14(22)9-23-19(15)27/h5-6,8-9,12,18H,2-4,7H2,1H3,(H,23,27)(H,24,25)(H,28,29)/t12-,18?/m0/s1. The van der Waals surface area contributed by atoms with Gasteiger partial charge in [-0.15, -0.1) is 0 Å². The number of carboxylic acids is 1. The van der Waals surface area contributed by atoms with Crippen LogP contribution in [0.5, 0.6) is 0 Å². The quantitative estimate of drug-likeness (QED) is 0.324. The van der Waals surface area contributed by atoms with Gasteiger partial charge in [-0.2, -0.15) is 0 Å². The van der Waals surface area contributed by atoms with Crippen molar-refractivity contribution in [1.82, 2.24) is 14.9 Å². The van der Waals surface area contributed by atoms with Crippen molar-refractivity contribution < 1.29 is 9.90 Å². The first-order chi connectivity index (χ1) is 13.9. The highest BCUT2D eigenvalue weighted by molar-refractivity contribution is 14.1. The highest BCUT2D eigenvalue weighted by Crippen LogP contribution is 2.33. The van der Waals surface area contributed by atoms with Gasteiger partial charge in [-0.1, -0.05) is 22.9 Å². The van der Waals surface area contributed by atoms with Gasteiger partial charge in [-0.25, -0.2) is 4.98 Å². The highest BCUT2D eigenvalue weighted by Gasteiger charge is 2.36. The molecule has 0 bridgehead atoms. The second kappa shape index (κ2) is 8.19. The number of carbonyl (C=O) groups is 1. The number of nitrogens with zero attached hydrogens (tertiary/aromatic N) is 2. The average molecular weight is 571 g/mol. The summed E-state index contributed by atoms with van der Waals surface area (Å²) in [7, 11) is 0. The van der Waals surface area contributed by atoms with Crippen LogP contribution in [0.25, 0.3) is 21.7 Å². The first-order valence-corrected chi connectivity index (χ1v) is 11.3. The van der Waals surface area contributed by atoms with Crippen molar-refractivity contribution >= 4 is 72.0 Å². The maximum Gasteiger partial charge on any atom is 0.309 e. The van der Waals surface area contributed by atoms with E-state index in [2.05, 4.69) is 53.7 Å². The first kappa shape index (κ1) is 20.5. The maximum atomic E-state index is 12.6. The summed E-state index contributed by atoms with van der Waals surface area (Å²) in [6.45, 7) is 3.62. The molecule has 1 unspecified atom stereocenters. The van der Waals surface area contributed by atoms with Crippen LogP contribution in [0.2, 0.25) is 0 Å². The van der Waals surface area contributed by atoms with Crippen LogP contribution in [0.1, 0.15) is 19.8 Å². The lowest BCUT2D eigenvalue weighted by Crippen LogP contribution is -2.52. The average Bonchev–Trinajstić information content (AvgIpc) is 2.70. The lowest BCUT2D eigenvalue weighted by atomic mass is 9.94. The topological polar surface area (TPSA) is 98.3 Å². The summed E-state index contributed by atoms with van der Waals surface area (Å²) in [4.78, 5) is 34.2. The summed E-state index contributed by atoms with van der Waals surface area (Å²) in [6, 6.07) is 5.71. The number of hydrogen-bond acceptors (Lipinski definition) is 5. The zero-order valence-corrected chi connectivity index (χ0v) is 19.5. The molecule has 7 nitrogen and oxygen atoms in total. The fourth-order valence-electron chi connectivity index (χ4n) is 4.08. The summed E-state index contributed by atoms with van der Waals surface area (Å²) in [6.07, 6.45) is 2.76. The van der Waals surface area contributed by atoms with Crippen molar-refractivity contribution in [1.29, 1.82) is 0 Å². The van der Waals surface area contributed by atoms with Crippen molar-refractivity contribution in [2.45, 2.75) is 25.9 Å². The Bertz CT molecular complexity index is 1170. The molecule has 2 atom stereocenters. The third-order valence-electron chi connectivity index (χ3n) is 5.49. The number of anilines is 1. The van der Waals surface area contributed by atoms with Crippen LogP contribution in [-0.4, -0.2) is 45.2 Å². The van der Waals surface area contributed by atoms with E-state index >= 15 is 0 Å². The van der Waals surface area contributed by atoms with Gasteiger partial charge >= 0.3 is 5.97 Å². The van der Waals surface area contributed by atoms with Crippen LogP contribution < -0.4 is 10.9 Å². The van der Waals surface area contributed by atoms with E-state index in [1.165, 1.54) is 0 Å². The molecule has 0 spiro atoms. The van der Waals surface area contributed by atoms with Crippen molar-refractivity contribution in [3.8, 4) is 0 Å². The lowest BCUT2D eigenvalue weighted by Gasteiger charge is -2.39. The number of aliphatic carboxylic acids is 1. The first-order valence-electron chi connectivity index (χ1n) is 9.44. The van der Waals surface area contributed by atoms with Crippen LogP contribution >= 0.6 is 38.5 Å². The summed E-state index contributed by atoms with van der Waals surface area (Å²) in [5, 5.41) is 15.3. The molecule has 0 aliphatic carbocycles. The Morgan fingerprint density at radius 1 is 1.45 bits per heavy atom. The van der Waals surface area contributed by atoms with Gasteiger partial charge in [0.15, 0.2) is 0 Å². The van der Waals surface area contributed by atoms with E-state index in [-0.39, 0.29) is 11.7 Å². The van der Waals surface area contributed by atoms with E-state index in [0.29, 0.717) is 23.1 Å². The van der Waals surface area contributed by atoms with E-state index in [0.717, 1.165) is 38.3 Å². The van der Waals surface area contributed by atoms with E-state index < -0.39 is 11.9 Å². The summed E-state index contributed by atoms with van der Waals surface area (Å²) in [5.74, 6) is -0.732. The lowest BCUT2D eigenvalue weighted by molar-refractivity contribution is -0.145. The molecule has 1 fully saturated rings. The van der Waals surface area contributed by atoms with Crippen LogP contribution in [0.3, 0.4) is 0 Å². The number of aromatic amines is 1. The summed E-state index contributed by atoms with van der Waals surface area (Å²) >= 11 is 5.65. The zero-order valence-electron chi connectivity index (χ0n) is 15.7. The largest absolute Gasteiger partial charge is 0.481 e. The fourth-order valence-corrected chi connectivity index (χ4v) is 4.99. The predicted octanol–water partition coefficient (Wildman–Crippen LogP) is 4.00. The van der Waals surface area contributed by atoms with Crippen molar-refractivity contribution in [3.05, 3.63) is 42.8 Å². The summed E-state index contributed by atoms with van der Waals surface area (Å²) in [5.41, 5.74) is 0.409. The van der Waals surface area contributed by atoms with Gasteiger partial charge in [0.2, 0.25) is 0 Å². The molecule has 152 valence electrons. The molecule has 1 aliphatic rings. The Labute approximate surface area is 189 Å². The number of halogens is 2. The monoisotopic (exact) mass is 570 g/mol. The Hall–Kier alpha value is -1.72.